The number of thiophene rings is 1. The quantitative estimate of drug-likeness (QED) is 0.483. The predicted octanol–water partition coefficient (Wildman–Crippen LogP) is 5.53. The Bertz CT molecular complexity index is 1290. The summed E-state index contributed by atoms with van der Waals surface area (Å²) < 4.78 is 31.5. The van der Waals surface area contributed by atoms with Crippen LogP contribution in [0.25, 0.3) is 5.00 Å². The van der Waals surface area contributed by atoms with E-state index in [1.807, 2.05) is 37.5 Å². The van der Waals surface area contributed by atoms with E-state index in [1.165, 1.54) is 11.3 Å². The predicted molar refractivity (Wildman–Crippen MR) is 124 cm³/mol. The number of halogens is 1. The standard InChI is InChI=1S/C23H25ClN4O2S/c1-12-13(2)31-22-19(12)20(15-7-9-16(24)10-8-15)25-17(11-18(29)30-23(4,5)6)21-27-26-14(3)28(21)22/h7-10,17H,11H2,1-6H3/t17-/m0/s1/i2D3. The molecule has 0 fully saturated rings. The minimum absolute atomic E-state index is 0.0351. The zero-order chi connectivity index (χ0) is 25.0. The lowest BCUT2D eigenvalue weighted by Gasteiger charge is -2.21. The van der Waals surface area contributed by atoms with Gasteiger partial charge in [0.25, 0.3) is 0 Å². The van der Waals surface area contributed by atoms with Crippen LogP contribution in [-0.2, 0) is 9.53 Å². The van der Waals surface area contributed by atoms with Crippen LogP contribution in [0.4, 0.5) is 0 Å². The fourth-order valence-electron chi connectivity index (χ4n) is 3.56. The van der Waals surface area contributed by atoms with E-state index in [-0.39, 0.29) is 11.3 Å². The van der Waals surface area contributed by atoms with E-state index >= 15 is 0 Å². The fourth-order valence-corrected chi connectivity index (χ4v) is 4.81. The van der Waals surface area contributed by atoms with Crippen molar-refractivity contribution in [1.82, 2.24) is 14.8 Å². The van der Waals surface area contributed by atoms with E-state index in [0.717, 1.165) is 5.56 Å². The number of aromatic nitrogens is 3. The van der Waals surface area contributed by atoms with Crippen LogP contribution >= 0.6 is 22.9 Å². The maximum Gasteiger partial charge on any atom is 0.308 e. The Morgan fingerprint density at radius 2 is 1.97 bits per heavy atom. The Morgan fingerprint density at radius 3 is 2.61 bits per heavy atom. The van der Waals surface area contributed by atoms with Crippen molar-refractivity contribution in [3.05, 3.63) is 62.5 Å². The third-order valence-electron chi connectivity index (χ3n) is 4.90. The van der Waals surface area contributed by atoms with Crippen LogP contribution in [0.2, 0.25) is 5.02 Å². The molecule has 0 aliphatic carbocycles. The van der Waals surface area contributed by atoms with Gasteiger partial charge in [0.2, 0.25) is 0 Å². The molecule has 3 aromatic rings. The van der Waals surface area contributed by atoms with E-state index in [1.54, 1.807) is 26.0 Å². The summed E-state index contributed by atoms with van der Waals surface area (Å²) in [6.45, 7) is 6.72. The number of fused-ring (bicyclic) bond motifs is 3. The summed E-state index contributed by atoms with van der Waals surface area (Å²) in [5.41, 5.74) is 2.00. The molecule has 8 heteroatoms. The monoisotopic (exact) mass is 459 g/mol. The average molecular weight is 460 g/mol. The molecule has 1 aliphatic rings. The number of carbonyl (C=O) groups excluding carboxylic acids is 1. The van der Waals surface area contributed by atoms with Crippen molar-refractivity contribution >= 4 is 34.6 Å². The second-order valence-corrected chi connectivity index (χ2v) is 9.90. The molecule has 4 rings (SSSR count). The highest BCUT2D eigenvalue weighted by atomic mass is 35.5. The van der Waals surface area contributed by atoms with Crippen LogP contribution in [0.3, 0.4) is 0 Å². The molecule has 1 atom stereocenters. The molecule has 0 unspecified atom stereocenters. The van der Waals surface area contributed by atoms with Crippen LogP contribution in [0.1, 0.15) is 70.6 Å². The van der Waals surface area contributed by atoms with E-state index < -0.39 is 24.5 Å². The number of rotatable bonds is 3. The first-order valence-electron chi connectivity index (χ1n) is 11.4. The highest BCUT2D eigenvalue weighted by Crippen LogP contribution is 2.39. The summed E-state index contributed by atoms with van der Waals surface area (Å²) >= 11 is 7.29. The van der Waals surface area contributed by atoms with E-state index in [0.29, 0.717) is 38.5 Å². The first-order chi connectivity index (χ1) is 15.8. The average Bonchev–Trinajstić information content (AvgIpc) is 3.20. The lowest BCUT2D eigenvalue weighted by Crippen LogP contribution is -2.25. The van der Waals surface area contributed by atoms with E-state index in [9.17, 15) is 4.79 Å². The molecular weight excluding hydrogens is 432 g/mol. The third-order valence-corrected chi connectivity index (χ3v) is 6.24. The normalized spacial score (nSPS) is 17.5. The first-order valence-corrected chi connectivity index (χ1v) is 11.1. The number of nitrogens with zero attached hydrogens (tertiary/aromatic N) is 4. The summed E-state index contributed by atoms with van der Waals surface area (Å²) in [5.74, 6) is 0.636. The van der Waals surface area contributed by atoms with Crippen molar-refractivity contribution in [2.45, 2.75) is 59.5 Å². The molecule has 31 heavy (non-hydrogen) atoms. The molecule has 0 saturated heterocycles. The van der Waals surface area contributed by atoms with Gasteiger partial charge in [0.15, 0.2) is 5.82 Å². The number of esters is 1. The number of hydrogen-bond donors (Lipinski definition) is 0. The summed E-state index contributed by atoms with van der Waals surface area (Å²) in [4.78, 5) is 18.0. The maximum absolute atomic E-state index is 12.8. The number of benzene rings is 1. The summed E-state index contributed by atoms with van der Waals surface area (Å²) in [7, 11) is 0. The molecule has 2 aromatic heterocycles. The van der Waals surface area contributed by atoms with Crippen LogP contribution in [0, 0.1) is 20.7 Å². The number of aryl methyl sites for hydroxylation is 2. The highest BCUT2D eigenvalue weighted by molar-refractivity contribution is 7.15. The summed E-state index contributed by atoms with van der Waals surface area (Å²) in [6, 6.07) is 6.51. The largest absolute Gasteiger partial charge is 0.460 e. The van der Waals surface area contributed by atoms with E-state index in [2.05, 4.69) is 10.2 Å². The Balaban J connectivity index is 1.97. The molecule has 6 nitrogen and oxygen atoms in total. The van der Waals surface area contributed by atoms with Gasteiger partial charge in [-0.15, -0.1) is 21.5 Å². The van der Waals surface area contributed by atoms with Gasteiger partial charge in [0.05, 0.1) is 12.1 Å². The molecule has 0 radical (unpaired) electrons. The number of carbonyl (C=O) groups is 1. The Morgan fingerprint density at radius 1 is 1.26 bits per heavy atom. The Hall–Kier alpha value is -2.51. The topological polar surface area (TPSA) is 69.4 Å². The van der Waals surface area contributed by atoms with Gasteiger partial charge in [-0.25, -0.2) is 0 Å². The summed E-state index contributed by atoms with van der Waals surface area (Å²) in [5, 5.41) is 9.79. The Labute approximate surface area is 195 Å². The maximum atomic E-state index is 12.8. The van der Waals surface area contributed by atoms with Crippen molar-refractivity contribution in [3.8, 4) is 5.00 Å². The molecule has 0 spiro atoms. The lowest BCUT2D eigenvalue weighted by molar-refractivity contribution is -0.155. The smallest absolute Gasteiger partial charge is 0.308 e. The van der Waals surface area contributed by atoms with Crippen molar-refractivity contribution in [3.63, 3.8) is 0 Å². The van der Waals surface area contributed by atoms with Gasteiger partial charge in [-0.1, -0.05) is 23.7 Å². The minimum Gasteiger partial charge on any atom is -0.460 e. The van der Waals surface area contributed by atoms with Gasteiger partial charge >= 0.3 is 5.97 Å². The molecule has 1 aromatic carbocycles. The zero-order valence-corrected chi connectivity index (χ0v) is 19.6. The van der Waals surface area contributed by atoms with Crippen molar-refractivity contribution in [2.75, 3.05) is 0 Å². The van der Waals surface area contributed by atoms with Gasteiger partial charge in [0, 0.05) is 25.1 Å². The van der Waals surface area contributed by atoms with Gasteiger partial charge in [-0.3, -0.25) is 14.4 Å². The van der Waals surface area contributed by atoms with Crippen molar-refractivity contribution in [2.24, 2.45) is 4.99 Å². The summed E-state index contributed by atoms with van der Waals surface area (Å²) in [6.07, 6.45) is -0.0351. The lowest BCUT2D eigenvalue weighted by atomic mass is 9.99. The number of aliphatic imine (C=N–C) groups is 1. The third kappa shape index (κ3) is 4.16. The van der Waals surface area contributed by atoms with Crippen molar-refractivity contribution < 1.29 is 13.6 Å². The fraction of sp³-hybridized carbons (Fsp3) is 0.391. The molecule has 162 valence electrons. The van der Waals surface area contributed by atoms with Gasteiger partial charge < -0.3 is 4.74 Å². The first kappa shape index (κ1) is 18.1. The van der Waals surface area contributed by atoms with Crippen LogP contribution < -0.4 is 0 Å². The highest BCUT2D eigenvalue weighted by Gasteiger charge is 2.33. The van der Waals surface area contributed by atoms with Crippen LogP contribution in [-0.4, -0.2) is 32.0 Å². The van der Waals surface area contributed by atoms with Gasteiger partial charge in [-0.2, -0.15) is 0 Å². The second-order valence-electron chi connectivity index (χ2n) is 8.47. The SMILES string of the molecule is [2H]C([2H])([2H])c1sc2c(c1C)C(c1ccc(Cl)cc1)=N[C@@H](CC(=O)OC(C)(C)C)c1nnc(C)n1-2. The van der Waals surface area contributed by atoms with E-state index in [4.69, 9.17) is 25.4 Å². The molecule has 0 amide bonds. The van der Waals surface area contributed by atoms with Crippen LogP contribution in [0.15, 0.2) is 29.3 Å². The molecule has 0 bridgehead atoms. The minimum atomic E-state index is -2.29. The van der Waals surface area contributed by atoms with Gasteiger partial charge in [0.1, 0.15) is 22.5 Å². The second kappa shape index (κ2) is 7.88. The Kier molecular flexibility index (Phi) is 4.60. The molecule has 3 heterocycles. The molecule has 0 saturated carbocycles. The molecule has 0 N–H and O–H groups in total. The van der Waals surface area contributed by atoms with Gasteiger partial charge in [-0.05, 0) is 59.2 Å². The molecular formula is C23H25ClN4O2S. The van der Waals surface area contributed by atoms with Crippen LogP contribution in [0.5, 0.6) is 0 Å². The zero-order valence-electron chi connectivity index (χ0n) is 21.0. The number of ether oxygens (including phenoxy) is 1. The number of hydrogen-bond acceptors (Lipinski definition) is 6. The van der Waals surface area contributed by atoms with Crippen molar-refractivity contribution in [1.29, 1.82) is 0 Å². The molecule has 1 aliphatic heterocycles.